The highest BCUT2D eigenvalue weighted by Crippen LogP contribution is 2.33. The summed E-state index contributed by atoms with van der Waals surface area (Å²) in [4.78, 5) is 5.43. The summed E-state index contributed by atoms with van der Waals surface area (Å²) in [6.07, 6.45) is 1.81. The van der Waals surface area contributed by atoms with Crippen molar-refractivity contribution in [1.29, 1.82) is 0 Å². The average Bonchev–Trinajstić information content (AvgIpc) is 2.77. The third kappa shape index (κ3) is 3.84. The van der Waals surface area contributed by atoms with Crippen LogP contribution in [0.2, 0.25) is 0 Å². The smallest absolute Gasteiger partial charge is 0.134 e. The van der Waals surface area contributed by atoms with Crippen molar-refractivity contribution in [1.82, 2.24) is 10.3 Å². The average molecular weight is 343 g/mol. The van der Waals surface area contributed by atoms with Gasteiger partial charge in [-0.2, -0.15) is 0 Å². The van der Waals surface area contributed by atoms with Gasteiger partial charge in [-0.05, 0) is 40.5 Å². The van der Waals surface area contributed by atoms with Crippen LogP contribution in [0.1, 0.15) is 18.7 Å². The molecule has 2 aromatic rings. The number of aromatic nitrogens is 1. The van der Waals surface area contributed by atoms with Crippen LogP contribution in [0.4, 0.5) is 4.39 Å². The fourth-order valence-corrected chi connectivity index (χ4v) is 3.29. The van der Waals surface area contributed by atoms with Crippen LogP contribution >= 0.6 is 27.3 Å². The third-order valence-corrected chi connectivity index (χ3v) is 4.26. The summed E-state index contributed by atoms with van der Waals surface area (Å²) in [6, 6.07) is 4.97. The first-order valence-electron chi connectivity index (χ1n) is 6.17. The monoisotopic (exact) mass is 342 g/mol. The van der Waals surface area contributed by atoms with Gasteiger partial charge in [0.25, 0.3) is 0 Å². The van der Waals surface area contributed by atoms with E-state index in [1.807, 2.05) is 12.3 Å². The van der Waals surface area contributed by atoms with Crippen LogP contribution < -0.4 is 5.32 Å². The molecule has 0 aliphatic carbocycles. The topological polar surface area (TPSA) is 24.9 Å². The van der Waals surface area contributed by atoms with Gasteiger partial charge in [-0.3, -0.25) is 0 Å². The van der Waals surface area contributed by atoms with Crippen LogP contribution in [-0.4, -0.2) is 11.5 Å². The van der Waals surface area contributed by atoms with Crippen molar-refractivity contribution in [2.75, 3.05) is 6.54 Å². The Hall–Kier alpha value is -0.780. The fourth-order valence-electron chi connectivity index (χ4n) is 1.69. The number of rotatable bonds is 5. The van der Waals surface area contributed by atoms with Gasteiger partial charge in [-0.1, -0.05) is 19.9 Å². The van der Waals surface area contributed by atoms with Crippen molar-refractivity contribution in [3.05, 3.63) is 39.6 Å². The molecule has 5 heteroatoms. The molecule has 1 aromatic carbocycles. The van der Waals surface area contributed by atoms with E-state index in [4.69, 9.17) is 0 Å². The molecule has 102 valence electrons. The van der Waals surface area contributed by atoms with Crippen molar-refractivity contribution in [3.63, 3.8) is 0 Å². The Balaban J connectivity index is 2.12. The Morgan fingerprint density at radius 1 is 1.42 bits per heavy atom. The highest BCUT2D eigenvalue weighted by atomic mass is 79.9. The van der Waals surface area contributed by atoms with Gasteiger partial charge in [0.05, 0.1) is 5.56 Å². The molecule has 0 radical (unpaired) electrons. The molecule has 0 aliphatic heterocycles. The number of hydrogen-bond donors (Lipinski definition) is 1. The Kier molecular flexibility index (Phi) is 5.07. The Bertz CT molecular complexity index is 534. The number of thiazole rings is 1. The number of nitrogens with zero attached hydrogens (tertiary/aromatic N) is 1. The minimum Gasteiger partial charge on any atom is -0.312 e. The van der Waals surface area contributed by atoms with Crippen molar-refractivity contribution >= 4 is 27.3 Å². The molecule has 1 aromatic heterocycles. The van der Waals surface area contributed by atoms with Gasteiger partial charge in [0.1, 0.15) is 10.8 Å². The minimum absolute atomic E-state index is 0.245. The van der Waals surface area contributed by atoms with Gasteiger partial charge in [0.2, 0.25) is 0 Å². The van der Waals surface area contributed by atoms with Gasteiger partial charge in [-0.25, -0.2) is 9.37 Å². The zero-order valence-electron chi connectivity index (χ0n) is 10.9. The second-order valence-electron chi connectivity index (χ2n) is 4.75. The molecule has 2 nitrogen and oxygen atoms in total. The fraction of sp³-hybridized carbons (Fsp3) is 0.357. The summed E-state index contributed by atoms with van der Waals surface area (Å²) in [5.41, 5.74) is 0.544. The van der Waals surface area contributed by atoms with E-state index in [0.29, 0.717) is 16.5 Å². The quantitative estimate of drug-likeness (QED) is 0.867. The van der Waals surface area contributed by atoms with Crippen LogP contribution in [0.15, 0.2) is 28.9 Å². The molecule has 19 heavy (non-hydrogen) atoms. The van der Waals surface area contributed by atoms with Crippen molar-refractivity contribution in [3.8, 4) is 10.6 Å². The summed E-state index contributed by atoms with van der Waals surface area (Å²) >= 11 is 4.90. The molecular formula is C14H16BrFN2S. The van der Waals surface area contributed by atoms with Crippen LogP contribution in [-0.2, 0) is 6.54 Å². The molecule has 2 rings (SSSR count). The van der Waals surface area contributed by atoms with Crippen LogP contribution in [0, 0.1) is 11.7 Å². The molecular weight excluding hydrogens is 327 g/mol. The molecule has 0 amide bonds. The second-order valence-corrected chi connectivity index (χ2v) is 6.72. The maximum absolute atomic E-state index is 13.8. The van der Waals surface area contributed by atoms with E-state index in [0.717, 1.165) is 22.4 Å². The zero-order chi connectivity index (χ0) is 13.8. The lowest BCUT2D eigenvalue weighted by Gasteiger charge is -2.05. The Labute approximate surface area is 125 Å². The molecule has 0 aliphatic rings. The number of hydrogen-bond acceptors (Lipinski definition) is 3. The second kappa shape index (κ2) is 6.59. The van der Waals surface area contributed by atoms with Gasteiger partial charge < -0.3 is 5.32 Å². The van der Waals surface area contributed by atoms with Crippen molar-refractivity contribution in [2.24, 2.45) is 5.92 Å². The van der Waals surface area contributed by atoms with Crippen LogP contribution in [0.25, 0.3) is 10.6 Å². The molecule has 0 fully saturated rings. The van der Waals surface area contributed by atoms with E-state index < -0.39 is 0 Å². The third-order valence-electron chi connectivity index (χ3n) is 2.58. The molecule has 0 saturated heterocycles. The van der Waals surface area contributed by atoms with Gasteiger partial charge >= 0.3 is 0 Å². The van der Waals surface area contributed by atoms with Gasteiger partial charge in [-0.15, -0.1) is 11.3 Å². The van der Waals surface area contributed by atoms with E-state index in [2.05, 4.69) is 40.1 Å². The molecule has 1 N–H and O–H groups in total. The lowest BCUT2D eigenvalue weighted by molar-refractivity contribution is 0.554. The predicted molar refractivity (Wildman–Crippen MR) is 81.8 cm³/mol. The van der Waals surface area contributed by atoms with E-state index >= 15 is 0 Å². The first-order valence-corrected chi connectivity index (χ1v) is 7.78. The predicted octanol–water partition coefficient (Wildman–Crippen LogP) is 4.46. The highest BCUT2D eigenvalue weighted by molar-refractivity contribution is 9.10. The maximum atomic E-state index is 13.8. The summed E-state index contributed by atoms with van der Waals surface area (Å²) in [5.74, 6) is 0.374. The van der Waals surface area contributed by atoms with Crippen molar-refractivity contribution in [2.45, 2.75) is 20.4 Å². The first kappa shape index (κ1) is 14.6. The van der Waals surface area contributed by atoms with E-state index in [1.54, 1.807) is 6.07 Å². The number of nitrogens with one attached hydrogen (secondary N) is 1. The Morgan fingerprint density at radius 2 is 2.21 bits per heavy atom. The van der Waals surface area contributed by atoms with E-state index in [-0.39, 0.29) is 5.82 Å². The minimum atomic E-state index is -0.245. The molecule has 0 spiro atoms. The molecule has 0 bridgehead atoms. The lowest BCUT2D eigenvalue weighted by atomic mass is 10.2. The van der Waals surface area contributed by atoms with Gasteiger partial charge in [0, 0.05) is 22.1 Å². The summed E-state index contributed by atoms with van der Waals surface area (Å²) < 4.78 is 14.6. The lowest BCUT2D eigenvalue weighted by Crippen LogP contribution is -2.18. The normalized spacial score (nSPS) is 11.2. The van der Waals surface area contributed by atoms with Gasteiger partial charge in [0.15, 0.2) is 0 Å². The van der Waals surface area contributed by atoms with E-state index in [9.17, 15) is 4.39 Å². The summed E-state index contributed by atoms with van der Waals surface area (Å²) in [7, 11) is 0. The van der Waals surface area contributed by atoms with E-state index in [1.165, 1.54) is 17.4 Å². The maximum Gasteiger partial charge on any atom is 0.134 e. The zero-order valence-corrected chi connectivity index (χ0v) is 13.3. The van der Waals surface area contributed by atoms with Crippen LogP contribution in [0.3, 0.4) is 0 Å². The SMILES string of the molecule is CC(C)CNCc1cnc(-c2c(F)cccc2Br)s1. The largest absolute Gasteiger partial charge is 0.312 e. The standard InChI is InChI=1S/C14H16BrFN2S/c1-9(2)6-17-7-10-8-18-14(19-10)13-11(15)4-3-5-12(13)16/h3-5,8-9,17H,6-7H2,1-2H3. The number of halogens is 2. The molecule has 0 unspecified atom stereocenters. The summed E-state index contributed by atoms with van der Waals surface area (Å²) in [5, 5.41) is 4.07. The molecule has 0 atom stereocenters. The number of benzene rings is 1. The highest BCUT2D eigenvalue weighted by Gasteiger charge is 2.13. The first-order chi connectivity index (χ1) is 9.08. The Morgan fingerprint density at radius 3 is 2.89 bits per heavy atom. The van der Waals surface area contributed by atoms with Crippen molar-refractivity contribution < 1.29 is 4.39 Å². The molecule has 0 saturated carbocycles. The van der Waals surface area contributed by atoms with Crippen LogP contribution in [0.5, 0.6) is 0 Å². The molecule has 1 heterocycles. The summed E-state index contributed by atoms with van der Waals surface area (Å²) in [6.45, 7) is 6.08.